The van der Waals surface area contributed by atoms with Crippen LogP contribution < -0.4 is 62.1 Å². The molecule has 5 aromatic carbocycles. The van der Waals surface area contributed by atoms with Crippen LogP contribution >= 0.6 is 0 Å². The predicted octanol–water partition coefficient (Wildman–Crippen LogP) is 8.71. The molecule has 132 heavy (non-hydrogen) atoms. The molecule has 0 unspecified atom stereocenters. The number of aromatic nitrogens is 10. The second kappa shape index (κ2) is 42.5. The molecule has 6 aliphatic heterocycles. The van der Waals surface area contributed by atoms with E-state index in [2.05, 4.69) is 49.8 Å². The molecule has 6 amide bonds. The second-order valence-corrected chi connectivity index (χ2v) is 34.4. The standard InChI is InChI=1S/C21H25N5O4.C20H21N3O3.C20H23N3O3.2C19H21N3O3/c1-14-15(20(29)23-21(22-14)25-9-11-30-12-10-25)7-8-18(27)26-13-19(28)24(2)16-5-3-4-6-17(16)26;1-12-16(20(26)22-19(21-12)13-6-7-13)8-9-18(25)23-11-15(24)10-14-4-2-3-5-17(14)23;1-12(2)19-21-13(3)16(20(26)22-19)8-9-18(25)23-11-15(24)10-14-6-4-5-7-17(14)23;1-11-4-6-17-14(8-11)9-15(23)10-22(17)18(24)7-5-16-12(2)20-13(3)21-19(16)25;1-3-17-20-12(2)15(19(25)21-17)8-9-18(24)22-11-14(23)10-13-6-4-5-7-16(13)22/h3-6H,7-13H2,1-2H3,(H,22,23,29);2-5,13H,6-11H2,1H3,(H,21,22,26);4-7,12H,8-11H2,1-3H3,(H,21,22,26);4,6,8H,5,7,9-10H2,1-3H3,(H,20,21,25);4-7H,3,8-11H2,1-2H3,(H,20,21,25). The van der Waals surface area contributed by atoms with Gasteiger partial charge in [-0.15, -0.1) is 0 Å². The lowest BCUT2D eigenvalue weighted by Gasteiger charge is -2.34. The maximum atomic E-state index is 12.9. The lowest BCUT2D eigenvalue weighted by Crippen LogP contribution is -2.46. The zero-order valence-corrected chi connectivity index (χ0v) is 76.4. The Morgan fingerprint density at radius 2 is 0.758 bits per heavy atom. The van der Waals surface area contributed by atoms with Gasteiger partial charge in [0.2, 0.25) is 41.4 Å². The molecule has 0 radical (unpaired) electrons. The predicted molar refractivity (Wildman–Crippen MR) is 500 cm³/mol. The van der Waals surface area contributed by atoms with Gasteiger partial charge < -0.3 is 59.0 Å². The summed E-state index contributed by atoms with van der Waals surface area (Å²) in [6, 6.07) is 35.5. The maximum absolute atomic E-state index is 12.9. The lowest BCUT2D eigenvalue weighted by atomic mass is 9.98. The van der Waals surface area contributed by atoms with Crippen LogP contribution in [0.15, 0.2) is 139 Å². The van der Waals surface area contributed by atoms with E-state index in [1.165, 1.54) is 24.5 Å². The van der Waals surface area contributed by atoms with Crippen molar-refractivity contribution in [3.63, 3.8) is 0 Å². The number of carbonyl (C=O) groups is 10. The van der Waals surface area contributed by atoms with Crippen LogP contribution in [0.2, 0.25) is 0 Å². The molecule has 1 saturated carbocycles. The Morgan fingerprint density at radius 3 is 1.17 bits per heavy atom. The number of ether oxygens (including phenoxy) is 1. The van der Waals surface area contributed by atoms with E-state index < -0.39 is 0 Å². The van der Waals surface area contributed by atoms with Gasteiger partial charge in [0, 0.05) is 175 Å². The molecule has 1 aliphatic carbocycles. The Labute approximate surface area is 762 Å². The number of likely N-dealkylation sites (N-methyl/N-ethyl adjacent to an activating group) is 1. The summed E-state index contributed by atoms with van der Waals surface area (Å²) < 4.78 is 5.34. The van der Waals surface area contributed by atoms with Crippen molar-refractivity contribution in [2.45, 2.75) is 190 Å². The second-order valence-electron chi connectivity index (χ2n) is 34.4. The quantitative estimate of drug-likeness (QED) is 0.0505. The molecular weight excluding hydrogens is 1680 g/mol. The molecular formula is C99H111N17O16. The van der Waals surface area contributed by atoms with E-state index in [0.717, 1.165) is 69.2 Å². The topological polar surface area (TPSA) is 431 Å². The summed E-state index contributed by atoms with van der Waals surface area (Å²) in [5.74, 6) is 2.82. The summed E-state index contributed by atoms with van der Waals surface area (Å²) in [4.78, 5) is 233. The molecule has 17 rings (SSSR count). The molecule has 7 aliphatic rings. The number of hydrogen-bond acceptors (Lipinski definition) is 22. The molecule has 0 atom stereocenters. The van der Waals surface area contributed by atoms with E-state index in [9.17, 15) is 71.9 Å². The monoisotopic (exact) mass is 1790 g/mol. The highest BCUT2D eigenvalue weighted by atomic mass is 16.5. The lowest BCUT2D eigenvalue weighted by molar-refractivity contribution is -0.122. The van der Waals surface area contributed by atoms with Crippen LogP contribution in [0.1, 0.15) is 185 Å². The minimum absolute atomic E-state index is 0.00406. The molecule has 33 heteroatoms. The average Bonchev–Trinajstić information content (AvgIpc) is 1.21. The SMILES string of the molecule is CCc1nc(C)c(CCC(=O)N2CC(=O)Cc3ccccc32)c(=O)[nH]1.Cc1ccc2c(c1)CC(=O)CN2C(=O)CCc1c(C)nc(C)[nH]c1=O.Cc1nc(C(C)C)[nH]c(=O)c1CCC(=O)N1CC(=O)Cc2ccccc21.Cc1nc(C2CC2)[nH]c(=O)c1CCC(=O)N1CC(=O)Cc2ccccc21.Cc1nc(N2CCOCC2)[nH]c(=O)c1CCC(=O)N1CC(=O)N(C)c2ccccc21. The van der Waals surface area contributed by atoms with Crippen molar-refractivity contribution < 1.29 is 52.7 Å². The number of aromatic amines is 5. The number of morpholine rings is 1. The Morgan fingerprint density at radius 1 is 0.394 bits per heavy atom. The van der Waals surface area contributed by atoms with Gasteiger partial charge in [-0.3, -0.25) is 76.9 Å². The van der Waals surface area contributed by atoms with Crippen LogP contribution in [0.3, 0.4) is 0 Å². The molecule has 0 spiro atoms. The van der Waals surface area contributed by atoms with E-state index in [1.54, 1.807) is 46.6 Å². The van der Waals surface area contributed by atoms with Gasteiger partial charge in [0.1, 0.15) is 29.8 Å². The van der Waals surface area contributed by atoms with Crippen LogP contribution in [0.25, 0.3) is 0 Å². The number of amides is 6. The molecule has 1 saturated heterocycles. The largest absolute Gasteiger partial charge is 0.378 e. The molecule has 11 heterocycles. The Kier molecular flexibility index (Phi) is 30.7. The normalized spacial score (nSPS) is 14.9. The van der Waals surface area contributed by atoms with Gasteiger partial charge in [-0.25, -0.2) is 24.9 Å². The number of anilines is 7. The number of fused-ring (bicyclic) bond motifs is 5. The molecule has 10 aromatic rings. The van der Waals surface area contributed by atoms with Crippen LogP contribution in [0.5, 0.6) is 0 Å². The Balaban J connectivity index is 0.000000140. The summed E-state index contributed by atoms with van der Waals surface area (Å²) in [6.45, 7) is 21.4. The van der Waals surface area contributed by atoms with Crippen LogP contribution in [-0.2, 0) is 117 Å². The maximum Gasteiger partial charge on any atom is 0.255 e. The van der Waals surface area contributed by atoms with Crippen LogP contribution in [0.4, 0.5) is 40.1 Å². The van der Waals surface area contributed by atoms with Crippen molar-refractivity contribution in [3.8, 4) is 0 Å². The van der Waals surface area contributed by atoms with Crippen molar-refractivity contribution in [2.75, 3.05) is 100 Å². The van der Waals surface area contributed by atoms with Gasteiger partial charge in [0.25, 0.3) is 27.8 Å². The minimum atomic E-state index is -0.230. The number of hydrogen-bond donors (Lipinski definition) is 5. The number of para-hydroxylation sites is 5. The third kappa shape index (κ3) is 23.1. The summed E-state index contributed by atoms with van der Waals surface area (Å²) in [5.41, 5.74) is 14.1. The fraction of sp³-hybridized carbons (Fsp3) is 0.394. The van der Waals surface area contributed by atoms with Crippen molar-refractivity contribution in [3.05, 3.63) is 274 Å². The van der Waals surface area contributed by atoms with Gasteiger partial charge in [-0.05, 0) is 152 Å². The van der Waals surface area contributed by atoms with Crippen LogP contribution in [0, 0.1) is 48.5 Å². The number of nitrogens with one attached hydrogen (secondary N) is 5. The number of ketones is 4. The van der Waals surface area contributed by atoms with Gasteiger partial charge >= 0.3 is 0 Å². The number of carbonyl (C=O) groups excluding carboxylic acids is 10. The van der Waals surface area contributed by atoms with Crippen molar-refractivity contribution >= 4 is 98.6 Å². The van der Waals surface area contributed by atoms with E-state index in [1.807, 2.05) is 155 Å². The van der Waals surface area contributed by atoms with Gasteiger partial charge in [0.15, 0.2) is 23.1 Å². The first-order valence-corrected chi connectivity index (χ1v) is 44.7. The van der Waals surface area contributed by atoms with Gasteiger partial charge in [0.05, 0.1) is 50.8 Å². The molecule has 33 nitrogen and oxygen atoms in total. The van der Waals surface area contributed by atoms with E-state index in [-0.39, 0.29) is 164 Å². The van der Waals surface area contributed by atoms with Crippen molar-refractivity contribution in [1.82, 2.24) is 49.8 Å². The number of Topliss-reactive ketones (excluding diaryl/α,β-unsaturated/α-hetero) is 4. The molecule has 0 bridgehead atoms. The summed E-state index contributed by atoms with van der Waals surface area (Å²) in [6.07, 6.45) is 6.54. The average molecular weight is 1800 g/mol. The molecule has 5 N–H and O–H groups in total. The number of rotatable bonds is 19. The fourth-order valence-corrected chi connectivity index (χ4v) is 17.1. The summed E-state index contributed by atoms with van der Waals surface area (Å²) >= 11 is 0. The molecule has 5 aromatic heterocycles. The highest BCUT2D eigenvalue weighted by Crippen LogP contribution is 2.39. The van der Waals surface area contributed by atoms with Crippen molar-refractivity contribution in [1.29, 1.82) is 0 Å². The highest BCUT2D eigenvalue weighted by molar-refractivity contribution is 6.11. The summed E-state index contributed by atoms with van der Waals surface area (Å²) in [7, 11) is 1.70. The third-order valence-electron chi connectivity index (χ3n) is 24.4. The minimum Gasteiger partial charge on any atom is -0.378 e. The Bertz CT molecular complexity index is 6330. The fourth-order valence-electron chi connectivity index (χ4n) is 17.1. The zero-order valence-electron chi connectivity index (χ0n) is 76.4. The first kappa shape index (κ1) is 95.3. The van der Waals surface area contributed by atoms with Gasteiger partial charge in [-0.1, -0.05) is 105 Å². The first-order valence-electron chi connectivity index (χ1n) is 44.7. The zero-order chi connectivity index (χ0) is 94.5. The Hall–Kier alpha value is -14.2. The molecule has 2 fully saturated rings. The van der Waals surface area contributed by atoms with Gasteiger partial charge in [-0.2, -0.15) is 0 Å². The van der Waals surface area contributed by atoms with E-state index in [4.69, 9.17) is 4.74 Å². The third-order valence-corrected chi connectivity index (χ3v) is 24.4. The number of H-pyrrole nitrogens is 5. The van der Waals surface area contributed by atoms with E-state index in [0.29, 0.717) is 181 Å². The summed E-state index contributed by atoms with van der Waals surface area (Å²) in [5, 5.41) is 0. The highest BCUT2D eigenvalue weighted by Gasteiger charge is 2.35. The molecule has 688 valence electrons. The number of benzene rings is 5. The first-order chi connectivity index (χ1) is 63.2. The number of aryl methyl sites for hydroxylation is 8. The smallest absolute Gasteiger partial charge is 0.255 e. The van der Waals surface area contributed by atoms with E-state index >= 15 is 0 Å². The number of nitrogens with zero attached hydrogens (tertiary/aromatic N) is 12. The van der Waals surface area contributed by atoms with Crippen molar-refractivity contribution in [2.24, 2.45) is 0 Å². The van der Waals surface area contributed by atoms with Crippen LogP contribution in [-0.4, -0.2) is 174 Å².